The van der Waals surface area contributed by atoms with Crippen LogP contribution < -0.4 is 0 Å². The highest BCUT2D eigenvalue weighted by molar-refractivity contribution is 6.07. The number of aryl methyl sites for hydroxylation is 1. The van der Waals surface area contributed by atoms with Crippen molar-refractivity contribution in [1.82, 2.24) is 19.7 Å². The number of nitrogens with zero attached hydrogens (tertiary/aromatic N) is 4. The Bertz CT molecular complexity index is 449. The van der Waals surface area contributed by atoms with Crippen LogP contribution in [0.25, 0.3) is 0 Å². The van der Waals surface area contributed by atoms with Gasteiger partial charge < -0.3 is 4.57 Å². The van der Waals surface area contributed by atoms with Crippen LogP contribution in [0.3, 0.4) is 0 Å². The van der Waals surface area contributed by atoms with Gasteiger partial charge in [-0.2, -0.15) is 10.2 Å². The third-order valence-electron chi connectivity index (χ3n) is 1.90. The molecule has 0 unspecified atom stereocenters. The van der Waals surface area contributed by atoms with Crippen molar-refractivity contribution in [3.63, 3.8) is 0 Å². The quantitative estimate of drug-likeness (QED) is 0.641. The zero-order valence-electron chi connectivity index (χ0n) is 7.58. The Labute approximate surface area is 80.4 Å². The Morgan fingerprint density at radius 1 is 1.36 bits per heavy atom. The van der Waals surface area contributed by atoms with Crippen molar-refractivity contribution in [2.24, 2.45) is 7.05 Å². The minimum Gasteiger partial charge on any atom is -0.331 e. The van der Waals surface area contributed by atoms with Crippen molar-refractivity contribution >= 4 is 5.78 Å². The summed E-state index contributed by atoms with van der Waals surface area (Å²) in [5.41, 5.74) is 1.06. The topological polar surface area (TPSA) is 60.7 Å². The van der Waals surface area contributed by atoms with Crippen LogP contribution in [-0.2, 0) is 7.05 Å². The fourth-order valence-corrected chi connectivity index (χ4v) is 1.15. The zero-order chi connectivity index (χ0) is 9.97. The van der Waals surface area contributed by atoms with Crippen LogP contribution in [0.4, 0.5) is 0 Å². The summed E-state index contributed by atoms with van der Waals surface area (Å²) < 4.78 is 1.67. The molecule has 0 bridgehead atoms. The van der Waals surface area contributed by atoms with Crippen LogP contribution in [-0.4, -0.2) is 25.5 Å². The van der Waals surface area contributed by atoms with E-state index in [9.17, 15) is 4.79 Å². The van der Waals surface area contributed by atoms with Crippen molar-refractivity contribution in [3.8, 4) is 0 Å². The van der Waals surface area contributed by atoms with Gasteiger partial charge in [-0.05, 0) is 6.07 Å². The van der Waals surface area contributed by atoms with Gasteiger partial charge in [-0.25, -0.2) is 4.98 Å². The number of ketones is 1. The van der Waals surface area contributed by atoms with Crippen LogP contribution in [0.2, 0.25) is 0 Å². The van der Waals surface area contributed by atoms with Crippen LogP contribution in [0.15, 0.2) is 31.0 Å². The standard InChI is InChI=1S/C9H8N4O/c1-13-6-10-5-8(13)9(14)7-2-3-11-12-4-7/h2-6H,1H3. The molecule has 0 aliphatic carbocycles. The Balaban J connectivity index is 2.39. The molecule has 0 fully saturated rings. The van der Waals surface area contributed by atoms with Crippen molar-refractivity contribution in [2.75, 3.05) is 0 Å². The van der Waals surface area contributed by atoms with Crippen LogP contribution >= 0.6 is 0 Å². The predicted molar refractivity (Wildman–Crippen MR) is 48.7 cm³/mol. The molecule has 0 aromatic carbocycles. The molecule has 2 aromatic heterocycles. The number of imidazole rings is 1. The molecule has 0 aliphatic heterocycles. The fraction of sp³-hybridized carbons (Fsp3) is 0.111. The van der Waals surface area contributed by atoms with Gasteiger partial charge in [0.25, 0.3) is 0 Å². The molecule has 0 N–H and O–H groups in total. The second-order valence-electron chi connectivity index (χ2n) is 2.85. The molecule has 0 aliphatic rings. The lowest BCUT2D eigenvalue weighted by molar-refractivity contribution is 0.103. The molecule has 5 nitrogen and oxygen atoms in total. The lowest BCUT2D eigenvalue weighted by Crippen LogP contribution is -2.07. The second kappa shape index (κ2) is 3.37. The smallest absolute Gasteiger partial charge is 0.212 e. The summed E-state index contributed by atoms with van der Waals surface area (Å²) in [7, 11) is 1.77. The van der Waals surface area contributed by atoms with Gasteiger partial charge in [-0.1, -0.05) is 0 Å². The Morgan fingerprint density at radius 2 is 2.21 bits per heavy atom. The Kier molecular flexibility index (Phi) is 2.06. The number of rotatable bonds is 2. The highest BCUT2D eigenvalue weighted by atomic mass is 16.1. The first-order valence-electron chi connectivity index (χ1n) is 4.07. The Morgan fingerprint density at radius 3 is 2.79 bits per heavy atom. The third-order valence-corrected chi connectivity index (χ3v) is 1.90. The molecule has 0 amide bonds. The zero-order valence-corrected chi connectivity index (χ0v) is 7.58. The van der Waals surface area contributed by atoms with Crippen LogP contribution in [0.1, 0.15) is 16.1 Å². The predicted octanol–water partition coefficient (Wildman–Crippen LogP) is 0.441. The molecule has 0 saturated carbocycles. The minimum atomic E-state index is -0.0973. The summed E-state index contributed by atoms with van der Waals surface area (Å²) in [5, 5.41) is 7.25. The molecule has 0 radical (unpaired) electrons. The summed E-state index contributed by atoms with van der Waals surface area (Å²) in [6, 6.07) is 1.63. The summed E-state index contributed by atoms with van der Waals surface area (Å²) in [6.07, 6.45) is 6.05. The molecular formula is C9H8N4O. The number of aromatic nitrogens is 4. The normalized spacial score (nSPS) is 10.1. The van der Waals surface area contributed by atoms with Crippen LogP contribution in [0, 0.1) is 0 Å². The van der Waals surface area contributed by atoms with E-state index in [0.717, 1.165) is 0 Å². The highest BCUT2D eigenvalue weighted by Crippen LogP contribution is 2.05. The van der Waals surface area contributed by atoms with Gasteiger partial charge in [-0.3, -0.25) is 4.79 Å². The molecule has 2 heterocycles. The average molecular weight is 188 g/mol. The van der Waals surface area contributed by atoms with Gasteiger partial charge in [0.15, 0.2) is 0 Å². The van der Waals surface area contributed by atoms with Gasteiger partial charge in [-0.15, -0.1) is 0 Å². The summed E-state index contributed by atoms with van der Waals surface area (Å²) in [5.74, 6) is -0.0973. The maximum Gasteiger partial charge on any atom is 0.212 e. The minimum absolute atomic E-state index is 0.0973. The van der Waals surface area contributed by atoms with E-state index in [1.165, 1.54) is 18.6 Å². The van der Waals surface area contributed by atoms with Gasteiger partial charge in [0.1, 0.15) is 5.69 Å². The third kappa shape index (κ3) is 1.39. The fourth-order valence-electron chi connectivity index (χ4n) is 1.15. The Hall–Kier alpha value is -2.04. The van der Waals surface area contributed by atoms with E-state index in [4.69, 9.17) is 0 Å². The molecular weight excluding hydrogens is 180 g/mol. The van der Waals surface area contributed by atoms with Gasteiger partial charge in [0.05, 0.1) is 24.9 Å². The number of hydrogen-bond acceptors (Lipinski definition) is 4. The van der Waals surface area contributed by atoms with E-state index >= 15 is 0 Å². The summed E-state index contributed by atoms with van der Waals surface area (Å²) >= 11 is 0. The van der Waals surface area contributed by atoms with Gasteiger partial charge in [0, 0.05) is 12.6 Å². The molecule has 14 heavy (non-hydrogen) atoms. The number of carbonyl (C=O) groups excluding carboxylic acids is 1. The molecule has 2 rings (SSSR count). The lowest BCUT2D eigenvalue weighted by Gasteiger charge is -1.99. The molecule has 70 valence electrons. The summed E-state index contributed by atoms with van der Waals surface area (Å²) in [6.45, 7) is 0. The molecule has 2 aromatic rings. The average Bonchev–Trinajstić information content (AvgIpc) is 2.65. The summed E-state index contributed by atoms with van der Waals surface area (Å²) in [4.78, 5) is 15.7. The molecule has 5 heteroatoms. The van der Waals surface area contributed by atoms with Crippen molar-refractivity contribution in [1.29, 1.82) is 0 Å². The van der Waals surface area contributed by atoms with E-state index in [-0.39, 0.29) is 5.78 Å². The maximum absolute atomic E-state index is 11.8. The monoisotopic (exact) mass is 188 g/mol. The van der Waals surface area contributed by atoms with E-state index in [2.05, 4.69) is 15.2 Å². The molecule has 0 atom stereocenters. The first kappa shape index (κ1) is 8.55. The van der Waals surface area contributed by atoms with Crippen molar-refractivity contribution in [3.05, 3.63) is 42.2 Å². The van der Waals surface area contributed by atoms with E-state index in [0.29, 0.717) is 11.3 Å². The lowest BCUT2D eigenvalue weighted by atomic mass is 10.1. The highest BCUT2D eigenvalue weighted by Gasteiger charge is 2.12. The van der Waals surface area contributed by atoms with Crippen molar-refractivity contribution in [2.45, 2.75) is 0 Å². The maximum atomic E-state index is 11.8. The van der Waals surface area contributed by atoms with Gasteiger partial charge in [0.2, 0.25) is 5.78 Å². The largest absolute Gasteiger partial charge is 0.331 e. The van der Waals surface area contributed by atoms with E-state index in [1.807, 2.05) is 0 Å². The van der Waals surface area contributed by atoms with E-state index < -0.39 is 0 Å². The first-order chi connectivity index (χ1) is 6.79. The van der Waals surface area contributed by atoms with Gasteiger partial charge >= 0.3 is 0 Å². The first-order valence-corrected chi connectivity index (χ1v) is 4.07. The molecule has 0 spiro atoms. The van der Waals surface area contributed by atoms with Crippen LogP contribution in [0.5, 0.6) is 0 Å². The number of carbonyl (C=O) groups is 1. The molecule has 0 saturated heterocycles. The SMILES string of the molecule is Cn1cncc1C(=O)c1ccnnc1. The second-order valence-corrected chi connectivity index (χ2v) is 2.85. The number of hydrogen-bond donors (Lipinski definition) is 0. The van der Waals surface area contributed by atoms with Crippen molar-refractivity contribution < 1.29 is 4.79 Å². The van der Waals surface area contributed by atoms with E-state index in [1.54, 1.807) is 24.0 Å².